The Morgan fingerprint density at radius 1 is 1.27 bits per heavy atom. The van der Waals surface area contributed by atoms with Crippen LogP contribution in [0.15, 0.2) is 24.4 Å². The van der Waals surface area contributed by atoms with Gasteiger partial charge in [0.1, 0.15) is 18.9 Å². The zero-order valence-corrected chi connectivity index (χ0v) is 14.4. The minimum absolute atomic E-state index is 0.215. The lowest BCUT2D eigenvalue weighted by atomic mass is 10.0. The van der Waals surface area contributed by atoms with Gasteiger partial charge in [-0.15, -0.1) is 5.10 Å². The van der Waals surface area contributed by atoms with Crippen molar-refractivity contribution in [2.75, 3.05) is 13.2 Å². The topological polar surface area (TPSA) is 49.2 Å². The van der Waals surface area contributed by atoms with Crippen molar-refractivity contribution in [3.8, 4) is 23.1 Å². The van der Waals surface area contributed by atoms with Crippen LogP contribution >= 0.6 is 0 Å². The van der Waals surface area contributed by atoms with E-state index in [0.29, 0.717) is 11.6 Å². The predicted octanol–water partition coefficient (Wildman–Crippen LogP) is 3.02. The van der Waals surface area contributed by atoms with Gasteiger partial charge in [-0.3, -0.25) is 0 Å². The number of hydrogen-bond acceptors (Lipinski definition) is 4. The Balaban J connectivity index is 1.43. The summed E-state index contributed by atoms with van der Waals surface area (Å²) in [5.74, 6) is 4.10. The molecule has 1 aromatic carbocycles. The summed E-state index contributed by atoms with van der Waals surface area (Å²) in [7, 11) is 0. The molecular formula is C19H19F2N3O2. The first-order chi connectivity index (χ1) is 12.5. The smallest absolute Gasteiger partial charge is 0.293 e. The second kappa shape index (κ2) is 6.78. The Morgan fingerprint density at radius 2 is 2.04 bits per heavy atom. The van der Waals surface area contributed by atoms with Crippen molar-refractivity contribution in [1.29, 1.82) is 0 Å². The molecule has 5 nitrogen and oxygen atoms in total. The van der Waals surface area contributed by atoms with Crippen LogP contribution < -0.4 is 0 Å². The van der Waals surface area contributed by atoms with Gasteiger partial charge < -0.3 is 9.47 Å². The zero-order valence-electron chi connectivity index (χ0n) is 14.4. The molecule has 0 spiro atoms. The predicted molar refractivity (Wildman–Crippen MR) is 90.4 cm³/mol. The summed E-state index contributed by atoms with van der Waals surface area (Å²) in [6.45, 7) is 0.947. The monoisotopic (exact) mass is 359 g/mol. The number of aromatic nitrogens is 3. The van der Waals surface area contributed by atoms with Crippen LogP contribution in [0.5, 0.6) is 0 Å². The lowest BCUT2D eigenvalue weighted by molar-refractivity contribution is -0.271. The number of rotatable bonds is 3. The lowest BCUT2D eigenvalue weighted by Gasteiger charge is -2.28. The maximum Gasteiger partial charge on any atom is 0.293 e. The lowest BCUT2D eigenvalue weighted by Crippen LogP contribution is -2.42. The van der Waals surface area contributed by atoms with Crippen LogP contribution in [0.4, 0.5) is 8.78 Å². The number of aryl methyl sites for hydroxylation is 1. The Kier molecular flexibility index (Phi) is 4.47. The summed E-state index contributed by atoms with van der Waals surface area (Å²) < 4.78 is 37.7. The van der Waals surface area contributed by atoms with Gasteiger partial charge in [0.25, 0.3) is 5.92 Å². The SMILES string of the molecule is Cc1cc(C#CC2CC2)ccc1-c1cn(CC2OCC(F)(F)CO2)nn1. The van der Waals surface area contributed by atoms with Gasteiger partial charge in [0.15, 0.2) is 6.29 Å². The van der Waals surface area contributed by atoms with E-state index in [9.17, 15) is 8.78 Å². The Morgan fingerprint density at radius 3 is 2.73 bits per heavy atom. The molecule has 1 aliphatic carbocycles. The zero-order chi connectivity index (χ0) is 18.1. The molecule has 0 amide bonds. The molecule has 2 aliphatic rings. The number of nitrogens with zero attached hydrogens (tertiary/aromatic N) is 3. The summed E-state index contributed by atoms with van der Waals surface area (Å²) in [6.07, 6.45) is 3.43. The van der Waals surface area contributed by atoms with Crippen molar-refractivity contribution < 1.29 is 18.3 Å². The molecule has 0 radical (unpaired) electrons. The molecule has 2 heterocycles. The molecule has 136 valence electrons. The van der Waals surface area contributed by atoms with Gasteiger partial charge >= 0.3 is 0 Å². The maximum absolute atomic E-state index is 13.0. The van der Waals surface area contributed by atoms with Crippen molar-refractivity contribution in [1.82, 2.24) is 15.0 Å². The Hall–Kier alpha value is -2.30. The molecule has 2 fully saturated rings. The van der Waals surface area contributed by atoms with E-state index in [2.05, 4.69) is 22.2 Å². The minimum atomic E-state index is -2.93. The fourth-order valence-corrected chi connectivity index (χ4v) is 2.73. The van der Waals surface area contributed by atoms with Crippen LogP contribution in [0.1, 0.15) is 24.0 Å². The third-order valence-electron chi connectivity index (χ3n) is 4.34. The molecule has 0 unspecified atom stereocenters. The molecule has 26 heavy (non-hydrogen) atoms. The molecular weight excluding hydrogens is 340 g/mol. The van der Waals surface area contributed by atoms with Crippen molar-refractivity contribution in [2.45, 2.75) is 38.5 Å². The third kappa shape index (κ3) is 4.09. The number of ether oxygens (including phenoxy) is 2. The molecule has 7 heteroatoms. The van der Waals surface area contributed by atoms with Gasteiger partial charge in [-0.1, -0.05) is 23.1 Å². The first kappa shape index (κ1) is 17.1. The van der Waals surface area contributed by atoms with Gasteiger partial charge in [-0.05, 0) is 37.5 Å². The third-order valence-corrected chi connectivity index (χ3v) is 4.34. The molecule has 1 saturated carbocycles. The second-order valence-electron chi connectivity index (χ2n) is 6.81. The number of halogens is 2. The van der Waals surface area contributed by atoms with E-state index in [1.54, 1.807) is 10.9 Å². The molecule has 0 atom stereocenters. The molecule has 0 N–H and O–H groups in total. The second-order valence-corrected chi connectivity index (χ2v) is 6.81. The van der Waals surface area contributed by atoms with Crippen LogP contribution in [0, 0.1) is 24.7 Å². The normalized spacial score (nSPS) is 19.8. The van der Waals surface area contributed by atoms with Crippen LogP contribution in [0.2, 0.25) is 0 Å². The van der Waals surface area contributed by atoms with E-state index in [0.717, 1.165) is 16.7 Å². The minimum Gasteiger partial charge on any atom is -0.344 e. The van der Waals surface area contributed by atoms with Crippen LogP contribution in [-0.2, 0) is 16.0 Å². The Labute approximate surface area is 150 Å². The highest BCUT2D eigenvalue weighted by molar-refractivity contribution is 5.64. The van der Waals surface area contributed by atoms with Crippen LogP contribution in [0.3, 0.4) is 0 Å². The highest BCUT2D eigenvalue weighted by Gasteiger charge is 2.37. The van der Waals surface area contributed by atoms with E-state index in [4.69, 9.17) is 9.47 Å². The molecule has 0 bridgehead atoms. The van der Waals surface area contributed by atoms with Gasteiger partial charge in [0.2, 0.25) is 0 Å². The van der Waals surface area contributed by atoms with Crippen molar-refractivity contribution in [3.63, 3.8) is 0 Å². The number of alkyl halides is 2. The maximum atomic E-state index is 13.0. The average molecular weight is 359 g/mol. The number of hydrogen-bond donors (Lipinski definition) is 0. The van der Waals surface area contributed by atoms with Crippen molar-refractivity contribution in [3.05, 3.63) is 35.5 Å². The van der Waals surface area contributed by atoms with Crippen molar-refractivity contribution >= 4 is 0 Å². The molecule has 4 rings (SSSR count). The average Bonchev–Trinajstić information content (AvgIpc) is 3.33. The first-order valence-electron chi connectivity index (χ1n) is 8.62. The highest BCUT2D eigenvalue weighted by Crippen LogP contribution is 2.28. The Bertz CT molecular complexity index is 855. The van der Waals surface area contributed by atoms with Gasteiger partial charge in [0.05, 0.1) is 12.7 Å². The summed E-state index contributed by atoms with van der Waals surface area (Å²) >= 11 is 0. The molecule has 2 aromatic rings. The highest BCUT2D eigenvalue weighted by atomic mass is 19.3. The fourth-order valence-electron chi connectivity index (χ4n) is 2.73. The van der Waals surface area contributed by atoms with Gasteiger partial charge in [0, 0.05) is 17.0 Å². The van der Waals surface area contributed by atoms with E-state index in [-0.39, 0.29) is 6.54 Å². The van der Waals surface area contributed by atoms with E-state index in [1.807, 2.05) is 25.1 Å². The number of benzene rings is 1. The summed E-state index contributed by atoms with van der Waals surface area (Å²) in [6, 6.07) is 6.00. The molecule has 1 aromatic heterocycles. The van der Waals surface area contributed by atoms with E-state index >= 15 is 0 Å². The molecule has 1 saturated heterocycles. The van der Waals surface area contributed by atoms with Gasteiger partial charge in [-0.2, -0.15) is 0 Å². The van der Waals surface area contributed by atoms with Gasteiger partial charge in [-0.25, -0.2) is 13.5 Å². The fraction of sp³-hybridized carbons (Fsp3) is 0.474. The quantitative estimate of drug-likeness (QED) is 0.791. The summed E-state index contributed by atoms with van der Waals surface area (Å²) in [5.41, 5.74) is 3.73. The summed E-state index contributed by atoms with van der Waals surface area (Å²) in [4.78, 5) is 0. The van der Waals surface area contributed by atoms with Crippen LogP contribution in [0.25, 0.3) is 11.3 Å². The van der Waals surface area contributed by atoms with E-state index in [1.165, 1.54) is 12.8 Å². The first-order valence-corrected chi connectivity index (χ1v) is 8.62. The van der Waals surface area contributed by atoms with Crippen molar-refractivity contribution in [2.24, 2.45) is 5.92 Å². The standard InChI is InChI=1S/C19H19F2N3O2/c1-13-8-15(5-4-14-2-3-14)6-7-16(13)17-9-24(23-22-17)10-18-25-11-19(20,21)12-26-18/h6-9,14,18H,2-3,10-12H2,1H3. The van der Waals surface area contributed by atoms with E-state index < -0.39 is 25.4 Å². The largest absolute Gasteiger partial charge is 0.344 e. The summed E-state index contributed by atoms with van der Waals surface area (Å²) in [5, 5.41) is 8.22. The van der Waals surface area contributed by atoms with Crippen LogP contribution in [-0.4, -0.2) is 40.4 Å². The molecule has 1 aliphatic heterocycles.